The lowest BCUT2D eigenvalue weighted by Crippen LogP contribution is -1.81. The van der Waals surface area contributed by atoms with Crippen LogP contribution < -0.4 is 0 Å². The number of benzene rings is 1. The van der Waals surface area contributed by atoms with Gasteiger partial charge in [-0.05, 0) is 42.3 Å². The molecule has 0 aliphatic carbocycles. The number of aromatic amines is 1. The highest BCUT2D eigenvalue weighted by molar-refractivity contribution is 5.61. The molecule has 0 radical (unpaired) electrons. The maximum Gasteiger partial charge on any atom is 0.123 e. The second-order valence-electron chi connectivity index (χ2n) is 2.93. The van der Waals surface area contributed by atoms with Gasteiger partial charge in [0.25, 0.3) is 0 Å². The molecule has 0 amide bonds. The monoisotopic (exact) mass is 206 g/mol. The first-order chi connectivity index (χ1) is 7.27. The first-order valence-corrected chi connectivity index (χ1v) is 5.03. The quantitative estimate of drug-likeness (QED) is 0.759. The molecule has 0 aliphatic heterocycles. The van der Waals surface area contributed by atoms with Gasteiger partial charge >= 0.3 is 0 Å². The van der Waals surface area contributed by atoms with E-state index in [1.165, 1.54) is 12.1 Å². The van der Waals surface area contributed by atoms with Crippen LogP contribution in [0.2, 0.25) is 0 Å². The van der Waals surface area contributed by atoms with Crippen LogP contribution in [0.25, 0.3) is 11.3 Å². The normalized spacial score (nSPS) is 9.33. The first-order valence-electron chi connectivity index (χ1n) is 5.03. The van der Waals surface area contributed by atoms with Crippen molar-refractivity contribution in [2.24, 2.45) is 0 Å². The molecule has 0 atom stereocenters. The number of aromatic nitrogens is 2. The Morgan fingerprint density at radius 2 is 1.73 bits per heavy atom. The fraction of sp³-hybridized carbons (Fsp3) is 0.250. The number of nitrogens with zero attached hydrogens (tertiary/aromatic N) is 1. The summed E-state index contributed by atoms with van der Waals surface area (Å²) in [4.78, 5) is 0. The van der Waals surface area contributed by atoms with Crippen molar-refractivity contribution in [2.45, 2.75) is 20.8 Å². The van der Waals surface area contributed by atoms with Gasteiger partial charge in [-0.15, -0.1) is 0 Å². The number of rotatable bonds is 1. The Labute approximate surface area is 89.2 Å². The summed E-state index contributed by atoms with van der Waals surface area (Å²) in [5.74, 6) is -0.221. The fourth-order valence-corrected chi connectivity index (χ4v) is 1.26. The minimum atomic E-state index is -0.221. The van der Waals surface area contributed by atoms with E-state index >= 15 is 0 Å². The molecule has 15 heavy (non-hydrogen) atoms. The van der Waals surface area contributed by atoms with E-state index in [2.05, 4.69) is 10.2 Å². The molecule has 0 saturated heterocycles. The maximum absolute atomic E-state index is 12.6. The van der Waals surface area contributed by atoms with Crippen molar-refractivity contribution in [3.8, 4) is 11.3 Å². The van der Waals surface area contributed by atoms with Gasteiger partial charge in [0, 0.05) is 0 Å². The summed E-state index contributed by atoms with van der Waals surface area (Å²) in [7, 11) is 0. The summed E-state index contributed by atoms with van der Waals surface area (Å²) in [6, 6.07) is 6.34. The molecular formula is C12H15FN2. The van der Waals surface area contributed by atoms with Crippen LogP contribution in [-0.2, 0) is 0 Å². The van der Waals surface area contributed by atoms with Crippen molar-refractivity contribution < 1.29 is 4.39 Å². The van der Waals surface area contributed by atoms with Gasteiger partial charge in [0.15, 0.2) is 0 Å². The van der Waals surface area contributed by atoms with Gasteiger partial charge in [-0.25, -0.2) is 4.39 Å². The first kappa shape index (κ1) is 11.4. The van der Waals surface area contributed by atoms with Gasteiger partial charge in [-0.1, -0.05) is 13.8 Å². The third-order valence-electron chi connectivity index (χ3n) is 1.96. The van der Waals surface area contributed by atoms with Crippen LogP contribution in [0.3, 0.4) is 0 Å². The molecule has 2 nitrogen and oxygen atoms in total. The Balaban J connectivity index is 0.000000531. The number of halogens is 1. The zero-order chi connectivity index (χ0) is 11.3. The summed E-state index contributed by atoms with van der Waals surface area (Å²) in [6.07, 6.45) is 1.75. The molecule has 2 aromatic rings. The topological polar surface area (TPSA) is 28.7 Å². The Hall–Kier alpha value is -1.64. The van der Waals surface area contributed by atoms with Gasteiger partial charge in [0.05, 0.1) is 11.9 Å². The predicted molar refractivity (Wildman–Crippen MR) is 60.1 cm³/mol. The standard InChI is InChI=1S/C10H9FN2.C2H6/c1-7-6-12-13-10(7)8-2-4-9(11)5-3-8;1-2/h2-6H,1H3,(H,12,13);1-2H3. The van der Waals surface area contributed by atoms with E-state index in [0.717, 1.165) is 16.8 Å². The van der Waals surface area contributed by atoms with Crippen LogP contribution in [0.4, 0.5) is 4.39 Å². The molecule has 0 spiro atoms. The van der Waals surface area contributed by atoms with E-state index in [0.29, 0.717) is 0 Å². The number of nitrogens with one attached hydrogen (secondary N) is 1. The number of hydrogen-bond acceptors (Lipinski definition) is 1. The van der Waals surface area contributed by atoms with Crippen LogP contribution >= 0.6 is 0 Å². The van der Waals surface area contributed by atoms with Gasteiger partial charge in [-0.2, -0.15) is 5.10 Å². The third kappa shape index (κ3) is 2.65. The SMILES string of the molecule is CC.Cc1cn[nH]c1-c1ccc(F)cc1. The maximum atomic E-state index is 12.6. The van der Waals surface area contributed by atoms with Crippen LogP contribution in [0.1, 0.15) is 19.4 Å². The molecule has 1 N–H and O–H groups in total. The molecule has 0 saturated carbocycles. The van der Waals surface area contributed by atoms with E-state index in [1.807, 2.05) is 20.8 Å². The molecule has 80 valence electrons. The number of aryl methyl sites for hydroxylation is 1. The summed E-state index contributed by atoms with van der Waals surface area (Å²) in [5, 5.41) is 6.77. The lowest BCUT2D eigenvalue weighted by atomic mass is 10.1. The van der Waals surface area contributed by atoms with E-state index in [9.17, 15) is 4.39 Å². The predicted octanol–water partition coefficient (Wildman–Crippen LogP) is 3.55. The molecule has 0 fully saturated rings. The highest BCUT2D eigenvalue weighted by Gasteiger charge is 2.02. The Bertz CT molecular complexity index is 404. The second kappa shape index (κ2) is 5.29. The Kier molecular flexibility index (Phi) is 4.03. The average Bonchev–Trinajstić information content (AvgIpc) is 2.69. The number of hydrogen-bond donors (Lipinski definition) is 1. The van der Waals surface area contributed by atoms with Crippen molar-refractivity contribution in [1.29, 1.82) is 0 Å². The molecule has 1 aromatic heterocycles. The van der Waals surface area contributed by atoms with Crippen molar-refractivity contribution in [3.05, 3.63) is 41.8 Å². The Morgan fingerprint density at radius 3 is 2.20 bits per heavy atom. The lowest BCUT2D eigenvalue weighted by molar-refractivity contribution is 0.628. The van der Waals surface area contributed by atoms with Crippen LogP contribution in [0, 0.1) is 12.7 Å². The molecule has 3 heteroatoms. The average molecular weight is 206 g/mol. The number of H-pyrrole nitrogens is 1. The lowest BCUT2D eigenvalue weighted by Gasteiger charge is -1.98. The highest BCUT2D eigenvalue weighted by atomic mass is 19.1. The van der Waals surface area contributed by atoms with Gasteiger partial charge in [-0.3, -0.25) is 5.10 Å². The van der Waals surface area contributed by atoms with Crippen LogP contribution in [0.5, 0.6) is 0 Å². The minimum absolute atomic E-state index is 0.221. The summed E-state index contributed by atoms with van der Waals surface area (Å²) >= 11 is 0. The largest absolute Gasteiger partial charge is 0.278 e. The summed E-state index contributed by atoms with van der Waals surface area (Å²) < 4.78 is 12.6. The third-order valence-corrected chi connectivity index (χ3v) is 1.96. The van der Waals surface area contributed by atoms with E-state index in [1.54, 1.807) is 18.3 Å². The van der Waals surface area contributed by atoms with Gasteiger partial charge in [0.1, 0.15) is 5.82 Å². The molecule has 1 heterocycles. The van der Waals surface area contributed by atoms with E-state index < -0.39 is 0 Å². The smallest absolute Gasteiger partial charge is 0.123 e. The molecule has 0 aliphatic rings. The van der Waals surface area contributed by atoms with Crippen molar-refractivity contribution in [2.75, 3.05) is 0 Å². The Morgan fingerprint density at radius 1 is 1.13 bits per heavy atom. The second-order valence-corrected chi connectivity index (χ2v) is 2.93. The van der Waals surface area contributed by atoms with Crippen molar-refractivity contribution in [1.82, 2.24) is 10.2 Å². The minimum Gasteiger partial charge on any atom is -0.278 e. The molecule has 2 rings (SSSR count). The fourth-order valence-electron chi connectivity index (χ4n) is 1.26. The van der Waals surface area contributed by atoms with Crippen molar-refractivity contribution in [3.63, 3.8) is 0 Å². The van der Waals surface area contributed by atoms with Gasteiger partial charge < -0.3 is 0 Å². The highest BCUT2D eigenvalue weighted by Crippen LogP contribution is 2.19. The molecular weight excluding hydrogens is 191 g/mol. The van der Waals surface area contributed by atoms with Crippen LogP contribution in [-0.4, -0.2) is 10.2 Å². The van der Waals surface area contributed by atoms with E-state index in [4.69, 9.17) is 0 Å². The molecule has 0 bridgehead atoms. The molecule has 1 aromatic carbocycles. The molecule has 0 unspecified atom stereocenters. The zero-order valence-electron chi connectivity index (χ0n) is 9.21. The van der Waals surface area contributed by atoms with Gasteiger partial charge in [0.2, 0.25) is 0 Å². The zero-order valence-corrected chi connectivity index (χ0v) is 9.21. The van der Waals surface area contributed by atoms with Crippen LogP contribution in [0.15, 0.2) is 30.5 Å². The van der Waals surface area contributed by atoms with E-state index in [-0.39, 0.29) is 5.82 Å². The van der Waals surface area contributed by atoms with Crippen molar-refractivity contribution >= 4 is 0 Å². The summed E-state index contributed by atoms with van der Waals surface area (Å²) in [5.41, 5.74) is 2.96. The summed E-state index contributed by atoms with van der Waals surface area (Å²) in [6.45, 7) is 5.96.